The Hall–Kier alpha value is -0.750. The zero-order chi connectivity index (χ0) is 11.5. The molecule has 0 saturated carbocycles. The summed E-state index contributed by atoms with van der Waals surface area (Å²) < 4.78 is 29.9. The Kier molecular flexibility index (Phi) is 3.98. The van der Waals surface area contributed by atoms with Gasteiger partial charge in [0.1, 0.15) is 6.10 Å². The molecule has 1 atom stereocenters. The highest BCUT2D eigenvalue weighted by molar-refractivity contribution is 5.79. The molecule has 1 aliphatic rings. The first-order valence-electron chi connectivity index (χ1n) is 4.86. The highest BCUT2D eigenvalue weighted by atomic mass is 19.3. The van der Waals surface area contributed by atoms with E-state index in [1.54, 1.807) is 0 Å². The molecule has 0 aromatic rings. The van der Waals surface area contributed by atoms with Gasteiger partial charge in [-0.1, -0.05) is 0 Å². The van der Waals surface area contributed by atoms with E-state index in [-0.39, 0.29) is 6.54 Å². The monoisotopic (exact) mass is 222 g/mol. The van der Waals surface area contributed by atoms with Gasteiger partial charge in [0, 0.05) is 19.6 Å². The van der Waals surface area contributed by atoms with E-state index >= 15 is 0 Å². The van der Waals surface area contributed by atoms with E-state index in [1.165, 1.54) is 0 Å². The van der Waals surface area contributed by atoms with E-state index in [0.29, 0.717) is 6.54 Å². The smallest absolute Gasteiger partial charge is 0.377 e. The molecule has 1 heterocycles. The summed E-state index contributed by atoms with van der Waals surface area (Å²) in [6, 6.07) is 0. The standard InChI is InChI=1S/C9H16F2N2O2/c1-13(2)4-3-12-6-7-5-9(10,11)8(14)15-7/h7,12H,3-6H2,1-2H3. The van der Waals surface area contributed by atoms with Gasteiger partial charge in [0.05, 0.1) is 6.42 Å². The molecule has 0 spiro atoms. The van der Waals surface area contributed by atoms with Gasteiger partial charge in [-0.05, 0) is 14.1 Å². The second kappa shape index (κ2) is 4.85. The third kappa shape index (κ3) is 3.71. The van der Waals surface area contributed by atoms with Crippen molar-refractivity contribution in [3.8, 4) is 0 Å². The fourth-order valence-electron chi connectivity index (χ4n) is 1.33. The molecule has 0 aromatic carbocycles. The third-order valence-electron chi connectivity index (χ3n) is 2.16. The minimum absolute atomic E-state index is 0.287. The van der Waals surface area contributed by atoms with Crippen molar-refractivity contribution in [1.82, 2.24) is 10.2 Å². The SMILES string of the molecule is CN(C)CCNCC1CC(F)(F)C(=O)O1. The van der Waals surface area contributed by atoms with Gasteiger partial charge in [0.2, 0.25) is 0 Å². The third-order valence-corrected chi connectivity index (χ3v) is 2.16. The molecule has 1 fully saturated rings. The average molecular weight is 222 g/mol. The average Bonchev–Trinajstić information content (AvgIpc) is 2.35. The highest BCUT2D eigenvalue weighted by Crippen LogP contribution is 2.30. The number of ether oxygens (including phenoxy) is 1. The van der Waals surface area contributed by atoms with Crippen LogP contribution in [0.4, 0.5) is 8.78 Å². The molecule has 1 aliphatic heterocycles. The van der Waals surface area contributed by atoms with E-state index < -0.39 is 24.4 Å². The first kappa shape index (κ1) is 12.3. The van der Waals surface area contributed by atoms with Crippen LogP contribution >= 0.6 is 0 Å². The van der Waals surface area contributed by atoms with Gasteiger partial charge in [-0.25, -0.2) is 4.79 Å². The zero-order valence-corrected chi connectivity index (χ0v) is 8.93. The molecule has 4 nitrogen and oxygen atoms in total. The largest absolute Gasteiger partial charge is 0.456 e. The van der Waals surface area contributed by atoms with Gasteiger partial charge in [-0.3, -0.25) is 0 Å². The Balaban J connectivity index is 2.17. The fourth-order valence-corrected chi connectivity index (χ4v) is 1.33. The van der Waals surface area contributed by atoms with Crippen LogP contribution in [0.25, 0.3) is 0 Å². The summed E-state index contributed by atoms with van der Waals surface area (Å²) in [4.78, 5) is 12.6. The van der Waals surface area contributed by atoms with Crippen LogP contribution in [-0.4, -0.2) is 56.6 Å². The van der Waals surface area contributed by atoms with Gasteiger partial charge < -0.3 is 15.0 Å². The molecule has 0 bridgehead atoms. The number of carbonyl (C=O) groups excluding carboxylic acids is 1. The van der Waals surface area contributed by atoms with E-state index in [9.17, 15) is 13.6 Å². The van der Waals surface area contributed by atoms with Crippen LogP contribution in [-0.2, 0) is 9.53 Å². The normalized spacial score (nSPS) is 24.6. The molecule has 1 N–H and O–H groups in total. The van der Waals surface area contributed by atoms with Crippen LogP contribution in [0.5, 0.6) is 0 Å². The van der Waals surface area contributed by atoms with Crippen LogP contribution in [0.2, 0.25) is 0 Å². The Bertz CT molecular complexity index is 234. The van der Waals surface area contributed by atoms with Crippen LogP contribution in [0, 0.1) is 0 Å². The quantitative estimate of drug-likeness (QED) is 0.528. The molecule has 1 unspecified atom stereocenters. The number of alkyl halides is 2. The predicted molar refractivity (Wildman–Crippen MR) is 50.9 cm³/mol. The number of rotatable bonds is 5. The number of esters is 1. The molecule has 6 heteroatoms. The minimum atomic E-state index is -3.30. The Morgan fingerprint density at radius 1 is 1.60 bits per heavy atom. The Morgan fingerprint density at radius 3 is 2.73 bits per heavy atom. The van der Waals surface area contributed by atoms with E-state index in [1.807, 2.05) is 19.0 Å². The molecule has 0 radical (unpaired) electrons. The van der Waals surface area contributed by atoms with Gasteiger partial charge in [-0.15, -0.1) is 0 Å². The number of cyclic esters (lactones) is 1. The van der Waals surface area contributed by atoms with Crippen molar-refractivity contribution in [2.24, 2.45) is 0 Å². The van der Waals surface area contributed by atoms with Crippen molar-refractivity contribution in [3.05, 3.63) is 0 Å². The maximum Gasteiger partial charge on any atom is 0.377 e. The first-order valence-corrected chi connectivity index (χ1v) is 4.86. The topological polar surface area (TPSA) is 41.6 Å². The molecular weight excluding hydrogens is 206 g/mol. The molecule has 0 amide bonds. The second-order valence-electron chi connectivity index (χ2n) is 3.94. The van der Waals surface area contributed by atoms with E-state index in [4.69, 9.17) is 0 Å². The Labute approximate surface area is 87.6 Å². The lowest BCUT2D eigenvalue weighted by atomic mass is 10.2. The molecule has 88 valence electrons. The number of carbonyl (C=O) groups is 1. The van der Waals surface area contributed by atoms with Crippen LogP contribution in [0.3, 0.4) is 0 Å². The van der Waals surface area contributed by atoms with Crippen molar-refractivity contribution in [3.63, 3.8) is 0 Å². The first-order chi connectivity index (χ1) is 6.92. The van der Waals surface area contributed by atoms with Crippen LogP contribution in [0.15, 0.2) is 0 Å². The minimum Gasteiger partial charge on any atom is -0.456 e. The van der Waals surface area contributed by atoms with Crippen molar-refractivity contribution >= 4 is 5.97 Å². The summed E-state index contributed by atoms with van der Waals surface area (Å²) in [5.41, 5.74) is 0. The summed E-state index contributed by atoms with van der Waals surface area (Å²) >= 11 is 0. The van der Waals surface area contributed by atoms with Crippen LogP contribution < -0.4 is 5.32 Å². The number of hydrogen-bond donors (Lipinski definition) is 1. The lowest BCUT2D eigenvalue weighted by Crippen LogP contribution is -2.32. The number of halogens is 2. The summed E-state index contributed by atoms with van der Waals surface area (Å²) in [5, 5.41) is 2.96. The molecule has 1 rings (SSSR count). The maximum absolute atomic E-state index is 12.7. The molecule has 0 aliphatic carbocycles. The molecule has 1 saturated heterocycles. The van der Waals surface area contributed by atoms with Gasteiger partial charge in [-0.2, -0.15) is 8.78 Å². The van der Waals surface area contributed by atoms with Gasteiger partial charge in [0.25, 0.3) is 0 Å². The van der Waals surface area contributed by atoms with Crippen molar-refractivity contribution in [1.29, 1.82) is 0 Å². The van der Waals surface area contributed by atoms with E-state index in [0.717, 1.165) is 6.54 Å². The zero-order valence-electron chi connectivity index (χ0n) is 8.93. The summed E-state index contributed by atoms with van der Waals surface area (Å²) in [6.07, 6.45) is -1.21. The maximum atomic E-state index is 12.7. The summed E-state index contributed by atoms with van der Waals surface area (Å²) in [5.74, 6) is -4.70. The molecule has 0 aromatic heterocycles. The number of nitrogens with one attached hydrogen (secondary N) is 1. The predicted octanol–water partition coefficient (Wildman–Crippen LogP) is 0.0884. The number of hydrogen-bond acceptors (Lipinski definition) is 4. The second-order valence-corrected chi connectivity index (χ2v) is 3.94. The van der Waals surface area contributed by atoms with Crippen molar-refractivity contribution in [2.45, 2.75) is 18.4 Å². The summed E-state index contributed by atoms with van der Waals surface area (Å²) in [6.45, 7) is 1.79. The van der Waals surface area contributed by atoms with Gasteiger partial charge >= 0.3 is 11.9 Å². The van der Waals surface area contributed by atoms with Gasteiger partial charge in [0.15, 0.2) is 0 Å². The highest BCUT2D eigenvalue weighted by Gasteiger charge is 2.50. The van der Waals surface area contributed by atoms with Crippen molar-refractivity contribution in [2.75, 3.05) is 33.7 Å². The lowest BCUT2D eigenvalue weighted by molar-refractivity contribution is -0.159. The summed E-state index contributed by atoms with van der Waals surface area (Å²) in [7, 11) is 3.84. The Morgan fingerprint density at radius 2 is 2.27 bits per heavy atom. The number of likely N-dealkylation sites (N-methyl/N-ethyl adjacent to an activating group) is 1. The van der Waals surface area contributed by atoms with E-state index in [2.05, 4.69) is 10.1 Å². The van der Waals surface area contributed by atoms with Crippen LogP contribution in [0.1, 0.15) is 6.42 Å². The number of nitrogens with zero attached hydrogens (tertiary/aromatic N) is 1. The molecular formula is C9H16F2N2O2. The fraction of sp³-hybridized carbons (Fsp3) is 0.889. The lowest BCUT2D eigenvalue weighted by Gasteiger charge is -2.12. The molecule has 15 heavy (non-hydrogen) atoms. The van der Waals surface area contributed by atoms with Crippen molar-refractivity contribution < 1.29 is 18.3 Å².